The van der Waals surface area contributed by atoms with Crippen molar-refractivity contribution in [1.82, 2.24) is 21.3 Å². The molecule has 2 aromatic rings. The summed E-state index contributed by atoms with van der Waals surface area (Å²) in [4.78, 5) is 64.8. The van der Waals surface area contributed by atoms with Gasteiger partial charge in [-0.1, -0.05) is 102 Å². The van der Waals surface area contributed by atoms with E-state index >= 15 is 0 Å². The first-order valence-corrected chi connectivity index (χ1v) is 15.9. The Hall–Kier alpha value is -4.41. The number of rotatable bonds is 18. The van der Waals surface area contributed by atoms with Gasteiger partial charge in [-0.2, -0.15) is 0 Å². The van der Waals surface area contributed by atoms with Gasteiger partial charge in [0, 0.05) is 0 Å². The molecule has 46 heavy (non-hydrogen) atoms. The zero-order valence-corrected chi connectivity index (χ0v) is 27.8. The molecule has 0 spiro atoms. The summed E-state index contributed by atoms with van der Waals surface area (Å²) in [7, 11) is 0. The van der Waals surface area contributed by atoms with Gasteiger partial charge in [0.1, 0.15) is 25.3 Å². The second kappa shape index (κ2) is 19.9. The Morgan fingerprint density at radius 1 is 0.543 bits per heavy atom. The molecule has 3 atom stereocenters. The average Bonchev–Trinajstić information content (AvgIpc) is 3.00. The Morgan fingerprint density at radius 3 is 1.35 bits per heavy atom. The molecule has 4 N–H and O–H groups in total. The molecule has 0 saturated heterocycles. The molecule has 0 fully saturated rings. The molecule has 252 valence electrons. The van der Waals surface area contributed by atoms with Crippen LogP contribution in [-0.4, -0.2) is 54.5 Å². The lowest BCUT2D eigenvalue weighted by molar-refractivity contribution is -0.130. The van der Waals surface area contributed by atoms with Gasteiger partial charge in [0.15, 0.2) is 5.78 Å². The maximum absolute atomic E-state index is 13.4. The molecule has 0 heterocycles. The van der Waals surface area contributed by atoms with Gasteiger partial charge in [0.2, 0.25) is 11.8 Å². The lowest BCUT2D eigenvalue weighted by atomic mass is 9.98. The number of carbonyl (C=O) groups excluding carboxylic acids is 5. The summed E-state index contributed by atoms with van der Waals surface area (Å²) in [5, 5.41) is 10.6. The number of ether oxygens (including phenoxy) is 2. The highest BCUT2D eigenvalue weighted by Gasteiger charge is 2.29. The van der Waals surface area contributed by atoms with Gasteiger partial charge in [-0.3, -0.25) is 14.4 Å². The molecule has 11 nitrogen and oxygen atoms in total. The summed E-state index contributed by atoms with van der Waals surface area (Å²) < 4.78 is 10.6. The zero-order chi connectivity index (χ0) is 34.1. The summed E-state index contributed by atoms with van der Waals surface area (Å²) >= 11 is 0. The predicted molar refractivity (Wildman–Crippen MR) is 175 cm³/mol. The first-order valence-electron chi connectivity index (χ1n) is 15.9. The summed E-state index contributed by atoms with van der Waals surface area (Å²) in [6.45, 7) is 11.2. The smallest absolute Gasteiger partial charge is 0.408 e. The third kappa shape index (κ3) is 15.0. The normalized spacial score (nSPS) is 13.0. The number of benzene rings is 2. The Morgan fingerprint density at radius 2 is 0.935 bits per heavy atom. The van der Waals surface area contributed by atoms with Crippen LogP contribution < -0.4 is 21.3 Å². The second-order valence-electron chi connectivity index (χ2n) is 12.7. The topological polar surface area (TPSA) is 152 Å². The molecule has 0 unspecified atom stereocenters. The predicted octanol–water partition coefficient (Wildman–Crippen LogP) is 4.88. The van der Waals surface area contributed by atoms with E-state index in [4.69, 9.17) is 9.47 Å². The molecule has 0 aliphatic carbocycles. The average molecular weight is 639 g/mol. The summed E-state index contributed by atoms with van der Waals surface area (Å²) in [5.41, 5.74) is 1.61. The maximum atomic E-state index is 13.4. The molecule has 0 aliphatic heterocycles. The van der Waals surface area contributed by atoms with E-state index in [1.165, 1.54) is 0 Å². The number of alkyl carbamates (subject to hydrolysis) is 2. The Balaban J connectivity index is 2.00. The lowest BCUT2D eigenvalue weighted by Gasteiger charge is -2.25. The van der Waals surface area contributed by atoms with Crippen molar-refractivity contribution < 1.29 is 33.4 Å². The minimum Gasteiger partial charge on any atom is -0.445 e. The van der Waals surface area contributed by atoms with Crippen LogP contribution in [0.5, 0.6) is 0 Å². The van der Waals surface area contributed by atoms with Crippen molar-refractivity contribution in [1.29, 1.82) is 0 Å². The standard InChI is InChI=1S/C35H50N4O7/c1-23(2)17-28(37-33(42)30(19-25(5)6)39-35(44)46-22-27-15-11-8-12-16-27)31(40)20-36-32(41)29(18-24(3)4)38-34(43)45-21-26-13-9-7-10-14-26/h7-16,23-25,28-30H,17-22H2,1-6H3,(H,36,41)(H,37,42)(H,38,43)(H,39,44)/t28-,29-,30-/m0/s1. The fraction of sp³-hybridized carbons (Fsp3) is 0.514. The Labute approximate surface area is 272 Å². The van der Waals surface area contributed by atoms with E-state index in [2.05, 4.69) is 21.3 Å². The monoisotopic (exact) mass is 638 g/mol. The van der Waals surface area contributed by atoms with Crippen molar-refractivity contribution in [2.24, 2.45) is 17.8 Å². The van der Waals surface area contributed by atoms with Gasteiger partial charge in [-0.25, -0.2) is 9.59 Å². The van der Waals surface area contributed by atoms with Crippen molar-refractivity contribution in [3.05, 3.63) is 71.8 Å². The van der Waals surface area contributed by atoms with Crippen LogP contribution >= 0.6 is 0 Å². The molecule has 0 aliphatic rings. The third-order valence-electron chi connectivity index (χ3n) is 6.91. The molecule has 0 saturated carbocycles. The third-order valence-corrected chi connectivity index (χ3v) is 6.91. The van der Waals surface area contributed by atoms with Gasteiger partial charge < -0.3 is 30.7 Å². The van der Waals surface area contributed by atoms with Crippen LogP contribution in [0, 0.1) is 17.8 Å². The minimum absolute atomic E-state index is 0.0482. The minimum atomic E-state index is -0.929. The molecule has 2 aromatic carbocycles. The van der Waals surface area contributed by atoms with Gasteiger partial charge in [-0.15, -0.1) is 0 Å². The highest BCUT2D eigenvalue weighted by atomic mass is 16.6. The van der Waals surface area contributed by atoms with Crippen LogP contribution in [0.4, 0.5) is 9.59 Å². The highest BCUT2D eigenvalue weighted by molar-refractivity contribution is 5.95. The Bertz CT molecular complexity index is 1250. The summed E-state index contributed by atoms with van der Waals surface area (Å²) in [6.07, 6.45) is -0.502. The first-order chi connectivity index (χ1) is 21.8. The fourth-order valence-electron chi connectivity index (χ4n) is 4.66. The largest absolute Gasteiger partial charge is 0.445 e. The van der Waals surface area contributed by atoms with Crippen molar-refractivity contribution in [3.63, 3.8) is 0 Å². The van der Waals surface area contributed by atoms with Crippen LogP contribution in [-0.2, 0) is 37.1 Å². The highest BCUT2D eigenvalue weighted by Crippen LogP contribution is 2.11. The van der Waals surface area contributed by atoms with Gasteiger partial charge in [0.25, 0.3) is 0 Å². The Kier molecular flexibility index (Phi) is 16.3. The number of Topliss-reactive ketones (excluding diaryl/α,β-unsaturated/α-hetero) is 1. The van der Waals surface area contributed by atoms with Crippen LogP contribution in [0.3, 0.4) is 0 Å². The van der Waals surface area contributed by atoms with Gasteiger partial charge in [0.05, 0.1) is 12.6 Å². The quantitative estimate of drug-likeness (QED) is 0.182. The molecule has 0 radical (unpaired) electrons. The second-order valence-corrected chi connectivity index (χ2v) is 12.7. The number of amides is 4. The van der Waals surface area contributed by atoms with Crippen LogP contribution in [0.15, 0.2) is 60.7 Å². The lowest BCUT2D eigenvalue weighted by Crippen LogP contribution is -2.54. The fourth-order valence-corrected chi connectivity index (χ4v) is 4.66. The number of hydrogen-bond donors (Lipinski definition) is 4. The van der Waals surface area contributed by atoms with Crippen molar-refractivity contribution in [3.8, 4) is 0 Å². The van der Waals surface area contributed by atoms with E-state index in [9.17, 15) is 24.0 Å². The number of nitrogens with one attached hydrogen (secondary N) is 4. The van der Waals surface area contributed by atoms with Crippen molar-refractivity contribution >= 4 is 29.8 Å². The molecular formula is C35H50N4O7. The van der Waals surface area contributed by atoms with Crippen molar-refractivity contribution in [2.45, 2.75) is 92.1 Å². The molecule has 0 bridgehead atoms. The van der Waals surface area contributed by atoms with Gasteiger partial charge in [-0.05, 0) is 48.1 Å². The number of carbonyl (C=O) groups is 5. The number of hydrogen-bond acceptors (Lipinski definition) is 7. The van der Waals surface area contributed by atoms with E-state index in [1.54, 1.807) is 0 Å². The van der Waals surface area contributed by atoms with E-state index in [0.717, 1.165) is 11.1 Å². The number of ketones is 1. The molecule has 11 heteroatoms. The van der Waals surface area contributed by atoms with Crippen LogP contribution in [0.2, 0.25) is 0 Å². The van der Waals surface area contributed by atoms with Gasteiger partial charge >= 0.3 is 12.2 Å². The van der Waals surface area contributed by atoms with Crippen LogP contribution in [0.25, 0.3) is 0 Å². The molecular weight excluding hydrogens is 588 g/mol. The van der Waals surface area contributed by atoms with E-state index < -0.39 is 47.9 Å². The molecule has 0 aromatic heterocycles. The first kappa shape index (κ1) is 37.8. The maximum Gasteiger partial charge on any atom is 0.408 e. The van der Waals surface area contributed by atoms with E-state index in [0.29, 0.717) is 19.3 Å². The summed E-state index contributed by atoms with van der Waals surface area (Å²) in [5.74, 6) is -1.27. The van der Waals surface area contributed by atoms with E-state index in [-0.39, 0.29) is 37.5 Å². The molecule has 2 rings (SSSR count). The van der Waals surface area contributed by atoms with E-state index in [1.807, 2.05) is 102 Å². The SMILES string of the molecule is CC(C)C[C@H](NC(=O)[C@H](CC(C)C)NC(=O)OCc1ccccc1)C(=O)CNC(=O)[C@H](CC(C)C)NC(=O)OCc1ccccc1. The van der Waals surface area contributed by atoms with Crippen LogP contribution in [0.1, 0.15) is 71.9 Å². The molecule has 4 amide bonds. The zero-order valence-electron chi connectivity index (χ0n) is 27.8. The summed E-state index contributed by atoms with van der Waals surface area (Å²) in [6, 6.07) is 15.6. The van der Waals surface area contributed by atoms with Crippen molar-refractivity contribution in [2.75, 3.05) is 6.54 Å².